The Hall–Kier alpha value is -1.28. The topological polar surface area (TPSA) is 57.3 Å². The van der Waals surface area contributed by atoms with Gasteiger partial charge in [-0.3, -0.25) is 10.2 Å². The molecule has 0 aliphatic carbocycles. The highest BCUT2D eigenvalue weighted by molar-refractivity contribution is 7.10. The number of anilines is 1. The van der Waals surface area contributed by atoms with Gasteiger partial charge >= 0.3 is 6.03 Å². The summed E-state index contributed by atoms with van der Waals surface area (Å²) in [5, 5.41) is 6.01. The first-order chi connectivity index (χ1) is 9.15. The van der Waals surface area contributed by atoms with E-state index in [0.29, 0.717) is 18.1 Å². The van der Waals surface area contributed by atoms with Crippen LogP contribution in [0.2, 0.25) is 0 Å². The van der Waals surface area contributed by atoms with E-state index in [4.69, 9.17) is 0 Å². The van der Waals surface area contributed by atoms with Crippen molar-refractivity contribution in [3.05, 3.63) is 12.3 Å². The number of hydrogen-bond acceptors (Lipinski definition) is 4. The van der Waals surface area contributed by atoms with Crippen LogP contribution in [0.25, 0.3) is 0 Å². The molecule has 2 heterocycles. The number of carbonyl (C=O) groups excluding carboxylic acids is 1. The van der Waals surface area contributed by atoms with E-state index in [1.807, 2.05) is 0 Å². The van der Waals surface area contributed by atoms with Crippen molar-refractivity contribution in [1.29, 1.82) is 0 Å². The molecule has 0 spiro atoms. The molecular formula is C11H16F2N4OS. The maximum Gasteiger partial charge on any atom is 0.319 e. The molecule has 2 rings (SSSR count). The fourth-order valence-electron chi connectivity index (χ4n) is 2.19. The van der Waals surface area contributed by atoms with Gasteiger partial charge in [0, 0.05) is 18.8 Å². The highest BCUT2D eigenvalue weighted by atomic mass is 32.1. The highest BCUT2D eigenvalue weighted by Gasteiger charge is 2.26. The van der Waals surface area contributed by atoms with Crippen LogP contribution in [0.4, 0.5) is 18.6 Å². The van der Waals surface area contributed by atoms with Crippen LogP contribution in [0.1, 0.15) is 12.8 Å². The Kier molecular flexibility index (Phi) is 5.03. The number of carbonyl (C=O) groups is 1. The van der Waals surface area contributed by atoms with Gasteiger partial charge in [-0.25, -0.2) is 13.6 Å². The maximum atomic E-state index is 12.4. The maximum absolute atomic E-state index is 12.4. The average Bonchev–Trinajstić information content (AvgIpc) is 2.97. The second-order valence-electron chi connectivity index (χ2n) is 4.39. The zero-order valence-corrected chi connectivity index (χ0v) is 11.1. The fourth-order valence-corrected chi connectivity index (χ4v) is 2.69. The summed E-state index contributed by atoms with van der Waals surface area (Å²) < 4.78 is 28.6. The number of hydrogen-bond donors (Lipinski definition) is 2. The standard InChI is InChI=1S/C11H16F2N4OS/c12-9(13)7-17-5-1-2-8(17)6-14-11(18)16-10-3-4-15-19-10/h3-4,8-9H,1-2,5-7H2,(H2,14,16,18). The fraction of sp³-hybridized carbons (Fsp3) is 0.636. The molecular weight excluding hydrogens is 274 g/mol. The molecule has 1 aromatic rings. The normalized spacial score (nSPS) is 19.8. The first-order valence-corrected chi connectivity index (χ1v) is 6.90. The Morgan fingerprint density at radius 3 is 3.16 bits per heavy atom. The quantitative estimate of drug-likeness (QED) is 0.872. The van der Waals surface area contributed by atoms with Crippen LogP contribution in [-0.2, 0) is 0 Å². The summed E-state index contributed by atoms with van der Waals surface area (Å²) in [5.41, 5.74) is 0. The first kappa shape index (κ1) is 14.1. The van der Waals surface area contributed by atoms with Gasteiger partial charge < -0.3 is 5.32 Å². The molecule has 1 aliphatic heterocycles. The molecule has 0 saturated carbocycles. The average molecular weight is 290 g/mol. The zero-order valence-electron chi connectivity index (χ0n) is 10.3. The first-order valence-electron chi connectivity index (χ1n) is 6.13. The molecule has 0 bridgehead atoms. The van der Waals surface area contributed by atoms with Crippen molar-refractivity contribution in [2.45, 2.75) is 25.3 Å². The summed E-state index contributed by atoms with van der Waals surface area (Å²) >= 11 is 1.19. The molecule has 5 nitrogen and oxygen atoms in total. The lowest BCUT2D eigenvalue weighted by Crippen LogP contribution is -2.43. The largest absolute Gasteiger partial charge is 0.336 e. The minimum absolute atomic E-state index is 0.00112. The molecule has 2 amide bonds. The predicted octanol–water partition coefficient (Wildman–Crippen LogP) is 1.99. The highest BCUT2D eigenvalue weighted by Crippen LogP contribution is 2.18. The number of likely N-dealkylation sites (tertiary alicyclic amines) is 1. The SMILES string of the molecule is O=C(NCC1CCCN1CC(F)F)Nc1ccns1. The van der Waals surface area contributed by atoms with Crippen molar-refractivity contribution < 1.29 is 13.6 Å². The molecule has 1 aromatic heterocycles. The molecule has 19 heavy (non-hydrogen) atoms. The summed E-state index contributed by atoms with van der Waals surface area (Å²) in [6, 6.07) is 1.37. The lowest BCUT2D eigenvalue weighted by molar-refractivity contribution is 0.0826. The third-order valence-corrected chi connectivity index (χ3v) is 3.71. The molecule has 1 fully saturated rings. The molecule has 1 saturated heterocycles. The van der Waals surface area contributed by atoms with Crippen LogP contribution in [-0.4, -0.2) is 47.4 Å². The van der Waals surface area contributed by atoms with Crippen molar-refractivity contribution in [1.82, 2.24) is 14.6 Å². The summed E-state index contributed by atoms with van der Waals surface area (Å²) in [4.78, 5) is 13.3. The van der Waals surface area contributed by atoms with Gasteiger partial charge in [0.25, 0.3) is 6.43 Å². The van der Waals surface area contributed by atoms with Gasteiger partial charge in [-0.15, -0.1) is 0 Å². The van der Waals surface area contributed by atoms with Gasteiger partial charge in [-0.2, -0.15) is 4.37 Å². The van der Waals surface area contributed by atoms with Crippen molar-refractivity contribution >= 4 is 22.6 Å². The smallest absolute Gasteiger partial charge is 0.319 e. The van der Waals surface area contributed by atoms with E-state index in [1.165, 1.54) is 11.5 Å². The van der Waals surface area contributed by atoms with E-state index in [-0.39, 0.29) is 18.6 Å². The van der Waals surface area contributed by atoms with Crippen LogP contribution in [0.15, 0.2) is 12.3 Å². The van der Waals surface area contributed by atoms with E-state index >= 15 is 0 Å². The van der Waals surface area contributed by atoms with Crippen molar-refractivity contribution in [2.75, 3.05) is 25.0 Å². The number of rotatable bonds is 5. The van der Waals surface area contributed by atoms with Crippen LogP contribution < -0.4 is 10.6 Å². The van der Waals surface area contributed by atoms with Gasteiger partial charge in [0.1, 0.15) is 5.00 Å². The number of alkyl halides is 2. The van der Waals surface area contributed by atoms with Gasteiger partial charge in [-0.05, 0) is 37.0 Å². The molecule has 0 radical (unpaired) electrons. The Bertz CT molecular complexity index is 401. The Morgan fingerprint density at radius 1 is 1.63 bits per heavy atom. The number of aromatic nitrogens is 1. The van der Waals surface area contributed by atoms with E-state index in [1.54, 1.807) is 17.2 Å². The second kappa shape index (κ2) is 6.76. The van der Waals surface area contributed by atoms with Crippen LogP contribution in [0, 0.1) is 0 Å². The van der Waals surface area contributed by atoms with Crippen molar-refractivity contribution in [2.24, 2.45) is 0 Å². The number of halogens is 2. The minimum Gasteiger partial charge on any atom is -0.336 e. The summed E-state index contributed by atoms with van der Waals surface area (Å²) in [6.07, 6.45) is 1.01. The molecule has 106 valence electrons. The summed E-state index contributed by atoms with van der Waals surface area (Å²) in [6.45, 7) is 0.841. The lowest BCUT2D eigenvalue weighted by Gasteiger charge is -2.24. The minimum atomic E-state index is -2.33. The molecule has 2 N–H and O–H groups in total. The molecule has 8 heteroatoms. The van der Waals surface area contributed by atoms with E-state index in [9.17, 15) is 13.6 Å². The third kappa shape index (κ3) is 4.39. The van der Waals surface area contributed by atoms with Gasteiger partial charge in [0.15, 0.2) is 0 Å². The third-order valence-electron chi connectivity index (χ3n) is 3.04. The van der Waals surface area contributed by atoms with Crippen molar-refractivity contribution in [3.8, 4) is 0 Å². The van der Waals surface area contributed by atoms with Gasteiger partial charge in [-0.1, -0.05) is 0 Å². The van der Waals surface area contributed by atoms with E-state index in [2.05, 4.69) is 15.0 Å². The zero-order chi connectivity index (χ0) is 13.7. The van der Waals surface area contributed by atoms with Gasteiger partial charge in [0.05, 0.1) is 6.54 Å². The van der Waals surface area contributed by atoms with Crippen LogP contribution >= 0.6 is 11.5 Å². The van der Waals surface area contributed by atoms with Crippen molar-refractivity contribution in [3.63, 3.8) is 0 Å². The molecule has 1 aliphatic rings. The Morgan fingerprint density at radius 2 is 2.47 bits per heavy atom. The number of nitrogens with one attached hydrogen (secondary N) is 2. The molecule has 1 unspecified atom stereocenters. The molecule has 1 atom stereocenters. The lowest BCUT2D eigenvalue weighted by atomic mass is 10.2. The van der Waals surface area contributed by atoms with Crippen LogP contribution in [0.5, 0.6) is 0 Å². The monoisotopic (exact) mass is 290 g/mol. The van der Waals surface area contributed by atoms with E-state index in [0.717, 1.165) is 12.8 Å². The molecule has 0 aromatic carbocycles. The summed E-state index contributed by atoms with van der Waals surface area (Å²) in [5.74, 6) is 0. The second-order valence-corrected chi connectivity index (χ2v) is 5.23. The summed E-state index contributed by atoms with van der Waals surface area (Å²) in [7, 11) is 0. The Labute approximate surface area is 114 Å². The number of amides is 2. The van der Waals surface area contributed by atoms with Crippen LogP contribution in [0.3, 0.4) is 0 Å². The number of nitrogens with zero attached hydrogens (tertiary/aromatic N) is 2. The van der Waals surface area contributed by atoms with Gasteiger partial charge in [0.2, 0.25) is 0 Å². The predicted molar refractivity (Wildman–Crippen MR) is 69.7 cm³/mol. The number of urea groups is 1. The van der Waals surface area contributed by atoms with E-state index < -0.39 is 6.43 Å². The Balaban J connectivity index is 1.73.